The molecule has 0 radical (unpaired) electrons. The summed E-state index contributed by atoms with van der Waals surface area (Å²) in [6.45, 7) is 1.89. The summed E-state index contributed by atoms with van der Waals surface area (Å²) in [5.74, 6) is 1.20. The fraction of sp³-hybridized carbons (Fsp3) is 0.286. The molecule has 0 unspecified atom stereocenters. The Balaban J connectivity index is 1.25. The number of nitrogens with two attached hydrogens (primary N) is 2. The number of carbonyl (C=O) groups excluding carboxylic acids is 1. The van der Waals surface area contributed by atoms with Crippen molar-refractivity contribution in [1.29, 1.82) is 0 Å². The number of methoxy groups -OCH3 is 2. The number of nitrogens with one attached hydrogen (secondary N) is 3. The average molecular weight is 765 g/mol. The first-order chi connectivity index (χ1) is 25.3. The molecule has 0 spiro atoms. The van der Waals surface area contributed by atoms with Crippen LogP contribution in [-0.2, 0) is 27.0 Å². The van der Waals surface area contributed by atoms with Gasteiger partial charge in [0, 0.05) is 59.6 Å². The molecule has 53 heavy (non-hydrogen) atoms. The molecule has 0 atom stereocenters. The molecule has 5 aromatic rings. The Kier molecular flexibility index (Phi) is 11.2. The minimum Gasteiger partial charge on any atom is -0.493 e. The number of carbonyl (C=O) groups is 1. The summed E-state index contributed by atoms with van der Waals surface area (Å²) in [5.41, 5.74) is 3.94. The Morgan fingerprint density at radius 1 is 0.868 bits per heavy atom. The maximum atomic E-state index is 13.9. The Morgan fingerprint density at radius 2 is 1.58 bits per heavy atom. The molecule has 1 aliphatic rings. The van der Waals surface area contributed by atoms with E-state index in [9.17, 15) is 21.6 Å². The molecular weight excluding hydrogens is 725 g/mol. The lowest BCUT2D eigenvalue weighted by Gasteiger charge is -2.34. The quantitative estimate of drug-likeness (QED) is 0.110. The predicted octanol–water partition coefficient (Wildman–Crippen LogP) is 3.65. The van der Waals surface area contributed by atoms with E-state index in [2.05, 4.69) is 29.6 Å². The van der Waals surface area contributed by atoms with Gasteiger partial charge in [0.05, 0.1) is 31.4 Å². The van der Waals surface area contributed by atoms with Gasteiger partial charge in [-0.2, -0.15) is 16.8 Å². The third kappa shape index (κ3) is 9.40. The molecular formula is C35H40N8O8S2. The van der Waals surface area contributed by atoms with Crippen molar-refractivity contribution < 1.29 is 35.8 Å². The standard InChI is InChI=1S/C35H40N8O8S2/c1-49-32-18-27-29(19-33(32)50-2)39-20-30(34(27)51-21-23-3-6-25(7-4-23)42-53(37,47)48)41-35(44)24-5-8-28-26(17-24)31(10-13-38-28)43-15-11-22(12-16-43)9-14-40-52(36,45)46/h3-8,10,13,17-20,22,40,42H,9,11-12,14-16,21H2,1-2H3,(H,41,44)(H2,36,45,46)(H2,37,47,48). The van der Waals surface area contributed by atoms with Gasteiger partial charge in [0.15, 0.2) is 17.2 Å². The maximum absolute atomic E-state index is 13.9. The van der Waals surface area contributed by atoms with Crippen LogP contribution in [-0.4, -0.2) is 66.6 Å². The number of anilines is 3. The first-order valence-electron chi connectivity index (χ1n) is 16.6. The van der Waals surface area contributed by atoms with Gasteiger partial charge in [-0.05, 0) is 73.2 Å². The fourth-order valence-electron chi connectivity index (χ4n) is 6.34. The number of ether oxygens (including phenoxy) is 3. The van der Waals surface area contributed by atoms with Crippen LogP contribution in [0.1, 0.15) is 35.2 Å². The normalized spacial score (nSPS) is 13.9. The smallest absolute Gasteiger partial charge is 0.296 e. The van der Waals surface area contributed by atoms with E-state index in [1.54, 1.807) is 54.7 Å². The SMILES string of the molecule is COc1cc2ncc(NC(=O)c3ccc4nccc(N5CCC(CCNS(N)(=O)=O)CC5)c4c3)c(OCc3ccc(NS(N)(=O)=O)cc3)c2cc1OC. The van der Waals surface area contributed by atoms with Crippen LogP contribution in [0.25, 0.3) is 21.8 Å². The molecule has 1 fully saturated rings. The second-order valence-electron chi connectivity index (χ2n) is 12.5. The van der Waals surface area contributed by atoms with Gasteiger partial charge < -0.3 is 24.4 Å². The fourth-order valence-corrected chi connectivity index (χ4v) is 7.21. The van der Waals surface area contributed by atoms with Gasteiger partial charge in [-0.1, -0.05) is 12.1 Å². The predicted molar refractivity (Wildman–Crippen MR) is 203 cm³/mol. The summed E-state index contributed by atoms with van der Waals surface area (Å²) in [7, 11) is -4.60. The molecule has 0 bridgehead atoms. The van der Waals surface area contributed by atoms with Crippen molar-refractivity contribution in [2.45, 2.75) is 25.9 Å². The average Bonchev–Trinajstić information content (AvgIpc) is 3.13. The van der Waals surface area contributed by atoms with Crippen LogP contribution in [0.5, 0.6) is 17.2 Å². The highest BCUT2D eigenvalue weighted by Gasteiger charge is 2.23. The Labute approximate surface area is 307 Å². The van der Waals surface area contributed by atoms with Crippen LogP contribution >= 0.6 is 0 Å². The van der Waals surface area contributed by atoms with Crippen molar-refractivity contribution in [3.05, 3.63) is 84.2 Å². The topological polar surface area (TPSA) is 230 Å². The summed E-state index contributed by atoms with van der Waals surface area (Å²) in [5, 5.41) is 14.5. The van der Waals surface area contributed by atoms with Crippen molar-refractivity contribution in [1.82, 2.24) is 14.7 Å². The molecule has 3 aromatic carbocycles. The highest BCUT2D eigenvalue weighted by Crippen LogP contribution is 2.40. The van der Waals surface area contributed by atoms with Crippen molar-refractivity contribution in [3.63, 3.8) is 0 Å². The Bertz CT molecular complexity index is 2350. The van der Waals surface area contributed by atoms with Crippen LogP contribution in [0.15, 0.2) is 73.1 Å². The zero-order valence-corrected chi connectivity index (χ0v) is 30.7. The first-order valence-corrected chi connectivity index (χ1v) is 19.7. The van der Waals surface area contributed by atoms with Gasteiger partial charge in [0.25, 0.3) is 26.3 Å². The largest absolute Gasteiger partial charge is 0.493 e. The highest BCUT2D eigenvalue weighted by molar-refractivity contribution is 7.90. The highest BCUT2D eigenvalue weighted by atomic mass is 32.2. The summed E-state index contributed by atoms with van der Waals surface area (Å²) in [6.07, 6.45) is 5.71. The van der Waals surface area contributed by atoms with E-state index in [0.717, 1.165) is 42.5 Å². The minimum absolute atomic E-state index is 0.0658. The number of hydrogen-bond acceptors (Lipinski definition) is 11. The zero-order valence-electron chi connectivity index (χ0n) is 29.0. The van der Waals surface area contributed by atoms with Gasteiger partial charge in [0.2, 0.25) is 0 Å². The van der Waals surface area contributed by atoms with Crippen molar-refractivity contribution in [2.24, 2.45) is 16.2 Å². The summed E-state index contributed by atoms with van der Waals surface area (Å²) in [4.78, 5) is 25.3. The summed E-state index contributed by atoms with van der Waals surface area (Å²) >= 11 is 0. The van der Waals surface area contributed by atoms with E-state index in [1.807, 2.05) is 12.1 Å². The molecule has 6 rings (SSSR count). The van der Waals surface area contributed by atoms with E-state index in [0.29, 0.717) is 69.5 Å². The number of fused-ring (bicyclic) bond motifs is 2. The van der Waals surface area contributed by atoms with Gasteiger partial charge in [0.1, 0.15) is 12.3 Å². The third-order valence-corrected chi connectivity index (χ3v) is 10.1. The van der Waals surface area contributed by atoms with Crippen molar-refractivity contribution >= 4 is 65.2 Å². The van der Waals surface area contributed by atoms with Crippen LogP contribution in [0.3, 0.4) is 0 Å². The first kappa shape index (κ1) is 37.5. The number of piperidine rings is 1. The molecule has 1 aliphatic heterocycles. The molecule has 0 saturated carbocycles. The number of aromatic nitrogens is 2. The van der Waals surface area contributed by atoms with Crippen LogP contribution in [0.4, 0.5) is 17.1 Å². The van der Waals surface area contributed by atoms with E-state index in [4.69, 9.17) is 24.5 Å². The third-order valence-electron chi connectivity index (χ3n) is 8.96. The van der Waals surface area contributed by atoms with Gasteiger partial charge in [-0.25, -0.2) is 15.0 Å². The number of nitrogens with zero attached hydrogens (tertiary/aromatic N) is 3. The lowest BCUT2D eigenvalue weighted by atomic mass is 9.93. The molecule has 280 valence electrons. The van der Waals surface area contributed by atoms with E-state index in [-0.39, 0.29) is 6.61 Å². The van der Waals surface area contributed by atoms with Gasteiger partial charge in [-0.3, -0.25) is 19.5 Å². The monoisotopic (exact) mass is 764 g/mol. The Hall–Kier alpha value is -5.27. The van der Waals surface area contributed by atoms with Gasteiger partial charge >= 0.3 is 0 Å². The molecule has 1 saturated heterocycles. The van der Waals surface area contributed by atoms with Crippen molar-refractivity contribution in [3.8, 4) is 17.2 Å². The molecule has 2 aromatic heterocycles. The number of pyridine rings is 2. The lowest BCUT2D eigenvalue weighted by Crippen LogP contribution is -2.36. The minimum atomic E-state index is -3.93. The van der Waals surface area contributed by atoms with E-state index in [1.165, 1.54) is 20.4 Å². The molecule has 3 heterocycles. The number of amides is 1. The van der Waals surface area contributed by atoms with E-state index < -0.39 is 26.3 Å². The van der Waals surface area contributed by atoms with Crippen LogP contribution in [0, 0.1) is 5.92 Å². The molecule has 0 aliphatic carbocycles. The van der Waals surface area contributed by atoms with Crippen molar-refractivity contribution in [2.75, 3.05) is 48.8 Å². The molecule has 16 nitrogen and oxygen atoms in total. The lowest BCUT2D eigenvalue weighted by molar-refractivity contribution is 0.102. The number of rotatable bonds is 14. The zero-order chi connectivity index (χ0) is 37.8. The second-order valence-corrected chi connectivity index (χ2v) is 15.2. The number of hydrogen-bond donors (Lipinski definition) is 5. The molecule has 7 N–H and O–H groups in total. The van der Waals surface area contributed by atoms with Crippen LogP contribution in [0.2, 0.25) is 0 Å². The summed E-state index contributed by atoms with van der Waals surface area (Å²) < 4.78 is 67.2. The van der Waals surface area contributed by atoms with Gasteiger partial charge in [-0.15, -0.1) is 0 Å². The van der Waals surface area contributed by atoms with E-state index >= 15 is 0 Å². The maximum Gasteiger partial charge on any atom is 0.296 e. The number of benzene rings is 3. The molecule has 18 heteroatoms. The molecule has 1 amide bonds. The summed E-state index contributed by atoms with van der Waals surface area (Å²) in [6, 6.07) is 17.2. The Morgan fingerprint density at radius 3 is 2.26 bits per heavy atom. The van der Waals surface area contributed by atoms with Crippen LogP contribution < -0.4 is 44.1 Å². The second kappa shape index (κ2) is 15.8.